The Morgan fingerprint density at radius 2 is 1.89 bits per heavy atom. The number of nitrogens with zero attached hydrogens (tertiary/aromatic N) is 1. The van der Waals surface area contributed by atoms with Crippen molar-refractivity contribution in [3.05, 3.63) is 63.2 Å². The van der Waals surface area contributed by atoms with E-state index in [4.69, 9.17) is 14.6 Å². The zero-order valence-corrected chi connectivity index (χ0v) is 15.2. The summed E-state index contributed by atoms with van der Waals surface area (Å²) in [5, 5.41) is 22.7. The Labute approximate surface area is 156 Å². The van der Waals surface area contributed by atoms with E-state index in [9.17, 15) is 14.9 Å². The van der Waals surface area contributed by atoms with Gasteiger partial charge < -0.3 is 19.9 Å². The molecule has 27 heavy (non-hydrogen) atoms. The van der Waals surface area contributed by atoms with Crippen LogP contribution in [0.1, 0.15) is 21.5 Å². The van der Waals surface area contributed by atoms with E-state index in [0.717, 1.165) is 22.9 Å². The maximum Gasteiger partial charge on any atom is 0.340 e. The van der Waals surface area contributed by atoms with Crippen LogP contribution in [0.5, 0.6) is 5.75 Å². The second kappa shape index (κ2) is 9.54. The second-order valence-electron chi connectivity index (χ2n) is 5.84. The Bertz CT molecular complexity index is 802. The maximum atomic E-state index is 12.3. The van der Waals surface area contributed by atoms with E-state index >= 15 is 0 Å². The van der Waals surface area contributed by atoms with Crippen molar-refractivity contribution in [2.45, 2.75) is 13.8 Å². The number of aliphatic hydroxyl groups excluding tert-OH is 1. The maximum absolute atomic E-state index is 12.3. The van der Waals surface area contributed by atoms with E-state index < -0.39 is 10.9 Å². The van der Waals surface area contributed by atoms with Gasteiger partial charge in [-0.15, -0.1) is 0 Å². The number of carbonyl (C=O) groups excluding carboxylic acids is 1. The van der Waals surface area contributed by atoms with Gasteiger partial charge in [0.05, 0.1) is 17.1 Å². The summed E-state index contributed by atoms with van der Waals surface area (Å²) in [4.78, 5) is 22.7. The van der Waals surface area contributed by atoms with Gasteiger partial charge in [0.1, 0.15) is 19.0 Å². The Morgan fingerprint density at radius 1 is 1.19 bits per heavy atom. The summed E-state index contributed by atoms with van der Waals surface area (Å²) < 4.78 is 10.9. The van der Waals surface area contributed by atoms with Crippen LogP contribution in [0.2, 0.25) is 0 Å². The summed E-state index contributed by atoms with van der Waals surface area (Å²) in [5.41, 5.74) is 2.13. The van der Waals surface area contributed by atoms with E-state index in [-0.39, 0.29) is 37.6 Å². The number of aliphatic hydroxyl groups is 1. The fraction of sp³-hybridized carbons (Fsp3) is 0.316. The third-order valence-electron chi connectivity index (χ3n) is 3.83. The van der Waals surface area contributed by atoms with E-state index in [1.54, 1.807) is 0 Å². The number of ether oxygens (including phenoxy) is 2. The van der Waals surface area contributed by atoms with Gasteiger partial charge in [0.25, 0.3) is 5.69 Å². The smallest absolute Gasteiger partial charge is 0.340 e. The largest absolute Gasteiger partial charge is 0.489 e. The van der Waals surface area contributed by atoms with Gasteiger partial charge in [0.15, 0.2) is 0 Å². The first-order chi connectivity index (χ1) is 12.9. The molecule has 0 radical (unpaired) electrons. The highest BCUT2D eigenvalue weighted by atomic mass is 16.6. The number of benzene rings is 2. The Kier molecular flexibility index (Phi) is 7.13. The van der Waals surface area contributed by atoms with Crippen LogP contribution in [-0.2, 0) is 4.74 Å². The third-order valence-corrected chi connectivity index (χ3v) is 3.83. The van der Waals surface area contributed by atoms with Crippen LogP contribution in [0.15, 0.2) is 36.4 Å². The van der Waals surface area contributed by atoms with Crippen molar-refractivity contribution < 1.29 is 24.3 Å². The molecule has 0 saturated heterocycles. The normalized spacial score (nSPS) is 10.3. The number of rotatable bonds is 9. The first-order valence-corrected chi connectivity index (χ1v) is 8.43. The molecule has 0 bridgehead atoms. The molecule has 0 unspecified atom stereocenters. The van der Waals surface area contributed by atoms with Crippen LogP contribution in [0.3, 0.4) is 0 Å². The second-order valence-corrected chi connectivity index (χ2v) is 5.84. The molecule has 2 aromatic carbocycles. The SMILES string of the molecule is Cc1cccc(C)c1OCCOC(=O)c1cc([N+](=O)[O-])ccc1NCCO. The Balaban J connectivity index is 2.01. The topological polar surface area (TPSA) is 111 Å². The predicted octanol–water partition coefficient (Wildman–Crippen LogP) is 2.85. The Morgan fingerprint density at radius 3 is 2.52 bits per heavy atom. The van der Waals surface area contributed by atoms with E-state index in [0.29, 0.717) is 5.69 Å². The van der Waals surface area contributed by atoms with Gasteiger partial charge in [-0.1, -0.05) is 18.2 Å². The quantitative estimate of drug-likeness (QED) is 0.300. The van der Waals surface area contributed by atoms with Crippen LogP contribution in [-0.4, -0.2) is 42.4 Å². The summed E-state index contributed by atoms with van der Waals surface area (Å²) in [6.07, 6.45) is 0. The van der Waals surface area contributed by atoms with Gasteiger partial charge in [-0.25, -0.2) is 4.79 Å². The molecule has 8 nitrogen and oxygen atoms in total. The minimum atomic E-state index is -0.704. The van der Waals surface area contributed by atoms with Crippen LogP contribution in [0, 0.1) is 24.0 Å². The molecule has 0 spiro atoms. The number of nitrogens with one attached hydrogen (secondary N) is 1. The summed E-state index contributed by atoms with van der Waals surface area (Å²) in [6.45, 7) is 4.07. The molecule has 0 aliphatic rings. The van der Waals surface area contributed by atoms with Crippen molar-refractivity contribution in [1.29, 1.82) is 0 Å². The number of nitro benzene ring substituents is 1. The standard InChI is InChI=1S/C19H22N2O6/c1-13-4-3-5-14(2)18(13)26-10-11-27-19(23)16-12-15(21(24)25)6-7-17(16)20-8-9-22/h3-7,12,20,22H,8-11H2,1-2H3. The zero-order valence-electron chi connectivity index (χ0n) is 15.2. The molecule has 0 saturated carbocycles. The number of aryl methyl sites for hydroxylation is 2. The number of nitro groups is 1. The van der Waals surface area contributed by atoms with E-state index in [1.807, 2.05) is 32.0 Å². The van der Waals surface area contributed by atoms with Crippen molar-refractivity contribution >= 4 is 17.3 Å². The molecular weight excluding hydrogens is 352 g/mol. The van der Waals surface area contributed by atoms with Crippen molar-refractivity contribution in [3.63, 3.8) is 0 Å². The lowest BCUT2D eigenvalue weighted by molar-refractivity contribution is -0.384. The number of carbonyl (C=O) groups is 1. The molecule has 0 amide bonds. The van der Waals surface area contributed by atoms with Crippen LogP contribution in [0.25, 0.3) is 0 Å². The molecule has 0 aromatic heterocycles. The minimum absolute atomic E-state index is 0.00522. The predicted molar refractivity (Wildman–Crippen MR) is 100 cm³/mol. The van der Waals surface area contributed by atoms with E-state index in [1.165, 1.54) is 12.1 Å². The molecule has 8 heteroatoms. The van der Waals surface area contributed by atoms with Crippen molar-refractivity contribution in [1.82, 2.24) is 0 Å². The van der Waals surface area contributed by atoms with Gasteiger partial charge in [-0.3, -0.25) is 10.1 Å². The molecule has 0 aliphatic carbocycles. The third kappa shape index (κ3) is 5.42. The lowest BCUT2D eigenvalue weighted by Gasteiger charge is -2.13. The first kappa shape index (κ1) is 20.2. The molecule has 2 rings (SSSR count). The Hall–Kier alpha value is -3.13. The summed E-state index contributed by atoms with van der Waals surface area (Å²) in [5.74, 6) is 0.0402. The van der Waals surface area contributed by atoms with Crippen molar-refractivity contribution in [3.8, 4) is 5.75 Å². The van der Waals surface area contributed by atoms with Crippen molar-refractivity contribution in [2.75, 3.05) is 31.7 Å². The van der Waals surface area contributed by atoms with Gasteiger partial charge in [-0.05, 0) is 31.0 Å². The van der Waals surface area contributed by atoms with Gasteiger partial charge in [-0.2, -0.15) is 0 Å². The van der Waals surface area contributed by atoms with Crippen LogP contribution in [0.4, 0.5) is 11.4 Å². The van der Waals surface area contributed by atoms with Gasteiger partial charge in [0, 0.05) is 24.4 Å². The monoisotopic (exact) mass is 374 g/mol. The summed E-state index contributed by atoms with van der Waals surface area (Å²) in [6, 6.07) is 9.63. The number of anilines is 1. The molecular formula is C19H22N2O6. The number of non-ortho nitro benzene ring substituents is 1. The fourth-order valence-electron chi connectivity index (χ4n) is 2.54. The van der Waals surface area contributed by atoms with Crippen LogP contribution < -0.4 is 10.1 Å². The number of hydrogen-bond acceptors (Lipinski definition) is 7. The molecule has 144 valence electrons. The molecule has 2 N–H and O–H groups in total. The number of para-hydroxylation sites is 1. The lowest BCUT2D eigenvalue weighted by atomic mass is 10.1. The van der Waals surface area contributed by atoms with Gasteiger partial charge in [0.2, 0.25) is 0 Å². The fourth-order valence-corrected chi connectivity index (χ4v) is 2.54. The molecule has 0 aliphatic heterocycles. The molecule has 2 aromatic rings. The number of hydrogen-bond donors (Lipinski definition) is 2. The highest BCUT2D eigenvalue weighted by molar-refractivity contribution is 5.96. The van der Waals surface area contributed by atoms with Crippen LogP contribution >= 0.6 is 0 Å². The highest BCUT2D eigenvalue weighted by Gasteiger charge is 2.18. The molecule has 0 heterocycles. The number of esters is 1. The van der Waals surface area contributed by atoms with Crippen molar-refractivity contribution in [2.24, 2.45) is 0 Å². The summed E-state index contributed by atoms with van der Waals surface area (Å²) in [7, 11) is 0. The molecule has 0 atom stereocenters. The lowest BCUT2D eigenvalue weighted by Crippen LogP contribution is -2.16. The zero-order chi connectivity index (χ0) is 19.8. The minimum Gasteiger partial charge on any atom is -0.489 e. The summed E-state index contributed by atoms with van der Waals surface area (Å²) >= 11 is 0. The average molecular weight is 374 g/mol. The average Bonchev–Trinajstić information content (AvgIpc) is 2.65. The van der Waals surface area contributed by atoms with Gasteiger partial charge >= 0.3 is 5.97 Å². The first-order valence-electron chi connectivity index (χ1n) is 8.43. The van der Waals surface area contributed by atoms with E-state index in [2.05, 4.69) is 5.32 Å². The highest BCUT2D eigenvalue weighted by Crippen LogP contribution is 2.24. The molecule has 0 fully saturated rings.